The number of hydrogen-bond donors (Lipinski definition) is 6. The maximum absolute atomic E-state index is 14.3. The van der Waals surface area contributed by atoms with Crippen molar-refractivity contribution in [1.29, 1.82) is 0 Å². The van der Waals surface area contributed by atoms with Crippen molar-refractivity contribution in [2.75, 3.05) is 38.6 Å². The predicted molar refractivity (Wildman–Crippen MR) is 378 cm³/mol. The van der Waals surface area contributed by atoms with E-state index in [0.29, 0.717) is 38.9 Å². The number of benzene rings is 3. The number of methoxy groups -OCH3 is 3. The Hall–Kier alpha value is -7.90. The first-order chi connectivity index (χ1) is 43.9. The molecule has 0 bridgehead atoms. The Kier molecular flexibility index (Phi) is 29.9. The molecule has 0 saturated heterocycles. The lowest BCUT2D eigenvalue weighted by atomic mass is 9.90. The number of aryl methyl sites for hydroxylation is 2. The van der Waals surface area contributed by atoms with E-state index < -0.39 is 75.0 Å². The van der Waals surface area contributed by atoms with Crippen molar-refractivity contribution >= 4 is 105 Å². The molecule has 3 aliphatic heterocycles. The average molecular weight is 1420 g/mol. The van der Waals surface area contributed by atoms with Crippen molar-refractivity contribution in [3.05, 3.63) is 106 Å². The first-order valence-corrected chi connectivity index (χ1v) is 32.8. The molecule has 0 saturated carbocycles. The fourth-order valence-corrected chi connectivity index (χ4v) is 11.7. The van der Waals surface area contributed by atoms with Crippen LogP contribution in [0.15, 0.2) is 90.6 Å². The van der Waals surface area contributed by atoms with E-state index >= 15 is 0 Å². The molecular weight excluding hydrogens is 1330 g/mol. The molecule has 0 aliphatic carbocycles. The van der Waals surface area contributed by atoms with Gasteiger partial charge in [0.1, 0.15) is 22.4 Å². The van der Waals surface area contributed by atoms with Crippen LogP contribution >= 0.6 is 47.7 Å². The second kappa shape index (κ2) is 34.9. The summed E-state index contributed by atoms with van der Waals surface area (Å²) in [7, 11) is 4.29. The normalized spacial score (nSPS) is 18.6. The fourth-order valence-electron chi connectivity index (χ4n) is 8.54. The summed E-state index contributed by atoms with van der Waals surface area (Å²) in [6.45, 7) is 30.0. The Morgan fingerprint density at radius 2 is 0.896 bits per heavy atom. The van der Waals surface area contributed by atoms with Crippen LogP contribution in [0, 0.1) is 31.3 Å². The maximum atomic E-state index is 14.3. The first-order valence-electron chi connectivity index (χ1n) is 29.9. The van der Waals surface area contributed by atoms with Gasteiger partial charge in [0.2, 0.25) is 11.9 Å². The minimum Gasteiger partial charge on any atom is -0.494 e. The van der Waals surface area contributed by atoms with Gasteiger partial charge in [-0.1, -0.05) is 53.5 Å². The molecule has 4 amide bonds. The molecule has 1 aromatic heterocycles. The molecule has 0 radical (unpaired) electrons. The Morgan fingerprint density at radius 3 is 1.22 bits per heavy atom. The Morgan fingerprint density at radius 1 is 0.542 bits per heavy atom. The van der Waals surface area contributed by atoms with Crippen LogP contribution in [-0.4, -0.2) is 129 Å². The van der Waals surface area contributed by atoms with Crippen LogP contribution in [0.4, 0.5) is 32.3 Å². The number of carbonyl (C=O) groups excluding carboxylic acids is 4. The second-order valence-electron chi connectivity index (χ2n) is 26.0. The highest BCUT2D eigenvalue weighted by Crippen LogP contribution is 2.40. The van der Waals surface area contributed by atoms with E-state index in [0.717, 1.165) is 41.2 Å². The van der Waals surface area contributed by atoms with E-state index in [1.807, 2.05) is 32.9 Å². The molecule has 0 fully saturated rings. The summed E-state index contributed by atoms with van der Waals surface area (Å²) in [6, 6.07) is 16.3. The van der Waals surface area contributed by atoms with E-state index in [2.05, 4.69) is 51.0 Å². The smallest absolute Gasteiger partial charge is 0.437 e. The maximum Gasteiger partial charge on any atom is 0.437 e. The molecule has 32 heteroatoms. The number of nitrogens with one attached hydrogen (secondary N) is 3. The van der Waals surface area contributed by atoms with Crippen LogP contribution in [0.5, 0.6) is 17.2 Å². The van der Waals surface area contributed by atoms with Gasteiger partial charge in [-0.05, 0) is 196 Å². The lowest BCUT2D eigenvalue weighted by molar-refractivity contribution is 0.0530. The SMILES string of the molecule is COc1ccc(C2(C)CCSC(N)=N2)cc1F.COc1ccc(C2(C)CCSC(N=C(N)N)=N2)cc1F.COc1ccc(C2(C)CCSC(N=C(NC(=O)OC(C)(C)C)NC(=O)OC(C)(C)C)=N2)cc1F.Cc1cc(C)n(C(=NC(=O)OC(C)(C)C)NC(=O)OC(C)(C)C)n1.Cl. The number of ether oxygens (including phenoxy) is 7. The van der Waals surface area contributed by atoms with Gasteiger partial charge in [-0.15, -0.1) is 17.4 Å². The average Bonchev–Trinajstić information content (AvgIpc) is 1.04. The molecule has 3 aromatic carbocycles. The van der Waals surface area contributed by atoms with Crippen molar-refractivity contribution in [2.24, 2.45) is 47.2 Å². The van der Waals surface area contributed by atoms with Gasteiger partial charge in [-0.2, -0.15) is 15.1 Å². The summed E-state index contributed by atoms with van der Waals surface area (Å²) < 4.78 is 78.9. The monoisotopic (exact) mass is 1420 g/mol. The number of amides is 4. The highest BCUT2D eigenvalue weighted by Gasteiger charge is 2.34. The minimum atomic E-state index is -0.832. The van der Waals surface area contributed by atoms with Crippen LogP contribution in [0.2, 0.25) is 0 Å². The number of aliphatic imine (C=N–C) groups is 6. The van der Waals surface area contributed by atoms with Crippen LogP contribution in [0.25, 0.3) is 0 Å². The highest BCUT2D eigenvalue weighted by molar-refractivity contribution is 8.14. The van der Waals surface area contributed by atoms with Crippen molar-refractivity contribution in [2.45, 2.75) is 176 Å². The van der Waals surface area contributed by atoms with Gasteiger partial charge in [-0.3, -0.25) is 20.9 Å². The molecule has 4 heterocycles. The summed E-state index contributed by atoms with van der Waals surface area (Å²) in [5.41, 5.74) is 15.5. The Balaban J connectivity index is 0.000000343. The number of amidine groups is 3. The third kappa shape index (κ3) is 27.3. The molecule has 9 N–H and O–H groups in total. The zero-order chi connectivity index (χ0) is 71.7. The van der Waals surface area contributed by atoms with Gasteiger partial charge in [0.25, 0.3) is 0 Å². The van der Waals surface area contributed by atoms with Crippen molar-refractivity contribution in [3.8, 4) is 17.2 Å². The predicted octanol–water partition coefficient (Wildman–Crippen LogP) is 12.9. The van der Waals surface area contributed by atoms with Gasteiger partial charge in [0.15, 0.2) is 56.2 Å². The molecule has 3 unspecified atom stereocenters. The summed E-state index contributed by atoms with van der Waals surface area (Å²) in [6.07, 6.45) is -0.903. The standard InChI is InChI=1S/C23H33FN4O5S.C16H26N4O4.C13H17FN4OS.C12H15FN2OS.ClH/c1-21(2,3)32-19(29)26-17(27-20(30)33-22(4,5)6)25-18-28-23(7,11-12-34-18)14-9-10-16(31-8)15(24)13-14;1-10-9-11(2)20(19-10)12(17-13(21)23-15(3,4)5)18-14(22)24-16(6,7)8;1-13(5-6-20-12(18-13)17-11(15)16)8-3-4-10(19-2)9(14)7-8;1-12(5-6-17-11(14)15-12)8-3-4-10(16-2)9(13)7-8;/h9-10,13H,11-12H2,1-8H3,(H2,25,26,27,28,29,30);9H,1-8H3,(H,17,18,21,22);3-4,7H,5-6H2,1-2H3,(H4,15,16,17,18);3-4,7H,5-6H2,1-2H3,(H2,14,15);1H. The molecular formula is C64H92ClF3N14O11S3. The van der Waals surface area contributed by atoms with Crippen LogP contribution in [-0.2, 0) is 35.6 Å². The lowest BCUT2D eigenvalue weighted by Gasteiger charge is -2.30. The second-order valence-corrected chi connectivity index (χ2v) is 29.3. The minimum absolute atomic E-state index is 0. The number of thioether (sulfide) groups is 3. The Labute approximate surface area is 578 Å². The van der Waals surface area contributed by atoms with Crippen LogP contribution in [0.3, 0.4) is 0 Å². The lowest BCUT2D eigenvalue weighted by Crippen LogP contribution is -2.47. The number of rotatable bonds is 6. The van der Waals surface area contributed by atoms with Gasteiger partial charge >= 0.3 is 24.4 Å². The van der Waals surface area contributed by atoms with Gasteiger partial charge in [-0.25, -0.2) is 47.0 Å². The third-order valence-electron chi connectivity index (χ3n) is 12.9. The molecule has 4 aromatic rings. The summed E-state index contributed by atoms with van der Waals surface area (Å²) in [5, 5.41) is 12.9. The summed E-state index contributed by atoms with van der Waals surface area (Å²) >= 11 is 4.36. The Bertz CT molecular complexity index is 3550. The van der Waals surface area contributed by atoms with Crippen LogP contribution in [0.1, 0.15) is 151 Å². The number of nitrogens with two attached hydrogens (primary N) is 3. The van der Waals surface area contributed by atoms with E-state index in [9.17, 15) is 32.3 Å². The summed E-state index contributed by atoms with van der Waals surface area (Å²) in [5.74, 6) is 1.42. The number of guanidine groups is 2. The number of aromatic nitrogens is 2. The largest absolute Gasteiger partial charge is 0.494 e. The van der Waals surface area contributed by atoms with E-state index in [1.165, 1.54) is 79.5 Å². The highest BCUT2D eigenvalue weighted by atomic mass is 35.5. The van der Waals surface area contributed by atoms with Crippen LogP contribution < -0.4 is 47.4 Å². The van der Waals surface area contributed by atoms with Gasteiger partial charge < -0.3 is 50.4 Å². The number of carbonyl (C=O) groups is 4. The molecule has 3 aliphatic rings. The van der Waals surface area contributed by atoms with Gasteiger partial charge in [0.05, 0.1) is 43.6 Å². The fraction of sp³-hybridized carbons (Fsp3) is 0.516. The summed E-state index contributed by atoms with van der Waals surface area (Å²) in [4.78, 5) is 74.4. The molecule has 25 nitrogen and oxygen atoms in total. The molecule has 0 spiro atoms. The number of hydrogen-bond acceptors (Lipinski definition) is 21. The first kappa shape index (κ1) is 82.3. The van der Waals surface area contributed by atoms with Crippen molar-refractivity contribution in [1.82, 2.24) is 25.7 Å². The number of halogens is 4. The zero-order valence-corrected chi connectivity index (χ0v) is 61.3. The van der Waals surface area contributed by atoms with E-state index in [-0.39, 0.29) is 53.4 Å². The van der Waals surface area contributed by atoms with Gasteiger partial charge in [0, 0.05) is 23.0 Å². The van der Waals surface area contributed by atoms with Crippen molar-refractivity contribution in [3.63, 3.8) is 0 Å². The quantitative estimate of drug-likeness (QED) is 0.0593. The van der Waals surface area contributed by atoms with Crippen molar-refractivity contribution < 1.29 is 65.5 Å². The number of alkyl carbamates (subject to hydrolysis) is 3. The molecule has 7 rings (SSSR count). The zero-order valence-electron chi connectivity index (χ0n) is 58.1. The molecule has 530 valence electrons. The molecule has 3 atom stereocenters. The third-order valence-corrected chi connectivity index (χ3v) is 15.4. The molecule has 96 heavy (non-hydrogen) atoms. The van der Waals surface area contributed by atoms with E-state index in [1.54, 1.807) is 127 Å². The number of nitrogens with zero attached hydrogens (tertiary/aromatic N) is 8. The topological polar surface area (TPSA) is 339 Å². The van der Waals surface area contributed by atoms with E-state index in [4.69, 9.17) is 50.4 Å².